The SMILES string of the molecule is CN1CCC(Oc2ccc(C(=O)NCCc3ccncc3)cn2)CC1. The van der Waals surface area contributed by atoms with E-state index in [4.69, 9.17) is 4.74 Å². The molecule has 1 fully saturated rings. The van der Waals surface area contributed by atoms with Gasteiger partial charge in [-0.2, -0.15) is 0 Å². The molecule has 0 aliphatic carbocycles. The summed E-state index contributed by atoms with van der Waals surface area (Å²) in [5.41, 5.74) is 1.70. The number of rotatable bonds is 6. The lowest BCUT2D eigenvalue weighted by molar-refractivity contribution is 0.0953. The van der Waals surface area contributed by atoms with Gasteiger partial charge in [-0.1, -0.05) is 0 Å². The highest BCUT2D eigenvalue weighted by atomic mass is 16.5. The first-order chi connectivity index (χ1) is 12.2. The Balaban J connectivity index is 1.45. The van der Waals surface area contributed by atoms with Crippen molar-refractivity contribution in [2.45, 2.75) is 25.4 Å². The predicted molar refractivity (Wildman–Crippen MR) is 95.7 cm³/mol. The summed E-state index contributed by atoms with van der Waals surface area (Å²) in [6.07, 6.45) is 8.09. The van der Waals surface area contributed by atoms with Gasteiger partial charge in [0.05, 0.1) is 5.56 Å². The predicted octanol–water partition coefficient (Wildman–Crippen LogP) is 1.92. The molecular weight excluding hydrogens is 316 g/mol. The minimum Gasteiger partial charge on any atom is -0.474 e. The molecule has 0 saturated carbocycles. The molecule has 0 aromatic carbocycles. The Morgan fingerprint density at radius 3 is 2.68 bits per heavy atom. The molecule has 2 aromatic rings. The summed E-state index contributed by atoms with van der Waals surface area (Å²) in [6.45, 7) is 2.67. The van der Waals surface area contributed by atoms with E-state index in [2.05, 4.69) is 27.2 Å². The number of amides is 1. The Kier molecular flexibility index (Phi) is 5.95. The van der Waals surface area contributed by atoms with Gasteiger partial charge in [-0.05, 0) is 50.1 Å². The smallest absolute Gasteiger partial charge is 0.252 e. The highest BCUT2D eigenvalue weighted by Crippen LogP contribution is 2.16. The molecule has 0 spiro atoms. The number of nitrogens with zero attached hydrogens (tertiary/aromatic N) is 3. The molecule has 1 aliphatic rings. The molecule has 0 unspecified atom stereocenters. The lowest BCUT2D eigenvalue weighted by Crippen LogP contribution is -2.35. The van der Waals surface area contributed by atoms with E-state index in [1.165, 1.54) is 0 Å². The van der Waals surface area contributed by atoms with Crippen LogP contribution in [-0.2, 0) is 6.42 Å². The monoisotopic (exact) mass is 340 g/mol. The fourth-order valence-corrected chi connectivity index (χ4v) is 2.83. The van der Waals surface area contributed by atoms with Crippen LogP contribution >= 0.6 is 0 Å². The van der Waals surface area contributed by atoms with Crippen LogP contribution in [0.15, 0.2) is 42.9 Å². The fraction of sp³-hybridized carbons (Fsp3) is 0.421. The average molecular weight is 340 g/mol. The Hall–Kier alpha value is -2.47. The molecule has 6 heteroatoms. The minimum atomic E-state index is -0.118. The van der Waals surface area contributed by atoms with Gasteiger partial charge < -0.3 is 15.0 Å². The van der Waals surface area contributed by atoms with Crippen LogP contribution in [0, 0.1) is 0 Å². The molecule has 0 atom stereocenters. The van der Waals surface area contributed by atoms with E-state index in [1.807, 2.05) is 12.1 Å². The van der Waals surface area contributed by atoms with Crippen LogP contribution in [0.5, 0.6) is 5.88 Å². The minimum absolute atomic E-state index is 0.118. The van der Waals surface area contributed by atoms with Crippen molar-refractivity contribution in [1.82, 2.24) is 20.2 Å². The van der Waals surface area contributed by atoms with Crippen LogP contribution in [0.4, 0.5) is 0 Å². The van der Waals surface area contributed by atoms with E-state index in [1.54, 1.807) is 30.7 Å². The summed E-state index contributed by atoms with van der Waals surface area (Å²) in [6, 6.07) is 7.43. The van der Waals surface area contributed by atoms with Gasteiger partial charge in [-0.15, -0.1) is 0 Å². The van der Waals surface area contributed by atoms with Crippen molar-refractivity contribution in [2.24, 2.45) is 0 Å². The average Bonchev–Trinajstić information content (AvgIpc) is 2.65. The number of nitrogens with one attached hydrogen (secondary N) is 1. The van der Waals surface area contributed by atoms with E-state index >= 15 is 0 Å². The molecule has 2 aromatic heterocycles. The topological polar surface area (TPSA) is 67.3 Å². The number of hydrogen-bond acceptors (Lipinski definition) is 5. The summed E-state index contributed by atoms with van der Waals surface area (Å²) in [7, 11) is 2.12. The Morgan fingerprint density at radius 1 is 1.24 bits per heavy atom. The molecule has 132 valence electrons. The normalized spacial score (nSPS) is 15.7. The molecule has 25 heavy (non-hydrogen) atoms. The number of piperidine rings is 1. The number of pyridine rings is 2. The van der Waals surface area contributed by atoms with E-state index in [-0.39, 0.29) is 12.0 Å². The van der Waals surface area contributed by atoms with Gasteiger partial charge in [-0.3, -0.25) is 9.78 Å². The van der Waals surface area contributed by atoms with E-state index in [0.29, 0.717) is 18.0 Å². The second-order valence-corrected chi connectivity index (χ2v) is 6.37. The second-order valence-electron chi connectivity index (χ2n) is 6.37. The molecule has 1 amide bonds. The van der Waals surface area contributed by atoms with Gasteiger partial charge in [0.2, 0.25) is 5.88 Å². The maximum Gasteiger partial charge on any atom is 0.252 e. The molecular formula is C19H24N4O2. The van der Waals surface area contributed by atoms with Crippen LogP contribution in [0.1, 0.15) is 28.8 Å². The van der Waals surface area contributed by atoms with Gasteiger partial charge in [0.1, 0.15) is 6.10 Å². The third kappa shape index (κ3) is 5.26. The Labute approximate surface area is 148 Å². The number of ether oxygens (including phenoxy) is 1. The summed E-state index contributed by atoms with van der Waals surface area (Å²) < 4.78 is 5.90. The first-order valence-corrected chi connectivity index (χ1v) is 8.69. The molecule has 3 heterocycles. The molecule has 0 bridgehead atoms. The van der Waals surface area contributed by atoms with Crippen LogP contribution in [0.2, 0.25) is 0 Å². The largest absolute Gasteiger partial charge is 0.474 e. The lowest BCUT2D eigenvalue weighted by Gasteiger charge is -2.28. The van der Waals surface area contributed by atoms with Gasteiger partial charge in [0.25, 0.3) is 5.91 Å². The highest BCUT2D eigenvalue weighted by Gasteiger charge is 2.18. The van der Waals surface area contributed by atoms with Crippen molar-refractivity contribution in [2.75, 3.05) is 26.7 Å². The molecule has 1 N–H and O–H groups in total. The summed E-state index contributed by atoms with van der Waals surface area (Å²) in [4.78, 5) is 22.7. The molecule has 6 nitrogen and oxygen atoms in total. The second kappa shape index (κ2) is 8.58. The van der Waals surface area contributed by atoms with Gasteiger partial charge >= 0.3 is 0 Å². The summed E-state index contributed by atoms with van der Waals surface area (Å²) >= 11 is 0. The van der Waals surface area contributed by atoms with Crippen molar-refractivity contribution in [1.29, 1.82) is 0 Å². The van der Waals surface area contributed by atoms with Crippen LogP contribution in [-0.4, -0.2) is 53.6 Å². The zero-order chi connectivity index (χ0) is 17.5. The van der Waals surface area contributed by atoms with Crippen molar-refractivity contribution in [3.63, 3.8) is 0 Å². The van der Waals surface area contributed by atoms with Gasteiger partial charge in [0.15, 0.2) is 0 Å². The number of carbonyl (C=O) groups excluding carboxylic acids is 1. The molecule has 1 saturated heterocycles. The van der Waals surface area contributed by atoms with E-state index in [0.717, 1.165) is 37.9 Å². The molecule has 3 rings (SSSR count). The first kappa shape index (κ1) is 17.4. The standard InChI is InChI=1S/C19H24N4O2/c1-23-12-7-17(8-13-23)25-18-3-2-16(14-22-18)19(24)21-11-6-15-4-9-20-10-5-15/h2-5,9-10,14,17H,6-8,11-13H2,1H3,(H,21,24). The third-order valence-corrected chi connectivity index (χ3v) is 4.40. The lowest BCUT2D eigenvalue weighted by atomic mass is 10.1. The Morgan fingerprint density at radius 2 is 2.00 bits per heavy atom. The third-order valence-electron chi connectivity index (χ3n) is 4.40. The maximum atomic E-state index is 12.2. The fourth-order valence-electron chi connectivity index (χ4n) is 2.83. The first-order valence-electron chi connectivity index (χ1n) is 8.69. The number of likely N-dealkylation sites (tertiary alicyclic amines) is 1. The number of aromatic nitrogens is 2. The zero-order valence-corrected chi connectivity index (χ0v) is 14.5. The highest BCUT2D eigenvalue weighted by molar-refractivity contribution is 5.93. The van der Waals surface area contributed by atoms with Crippen LogP contribution in [0.3, 0.4) is 0 Å². The Bertz CT molecular complexity index is 668. The van der Waals surface area contributed by atoms with Crippen molar-refractivity contribution in [3.05, 3.63) is 54.0 Å². The van der Waals surface area contributed by atoms with E-state index in [9.17, 15) is 4.79 Å². The van der Waals surface area contributed by atoms with E-state index < -0.39 is 0 Å². The molecule has 1 aliphatic heterocycles. The zero-order valence-electron chi connectivity index (χ0n) is 14.5. The van der Waals surface area contributed by atoms with Crippen molar-refractivity contribution in [3.8, 4) is 5.88 Å². The number of hydrogen-bond donors (Lipinski definition) is 1. The molecule has 0 radical (unpaired) electrons. The van der Waals surface area contributed by atoms with Crippen LogP contribution < -0.4 is 10.1 Å². The van der Waals surface area contributed by atoms with Crippen LogP contribution in [0.25, 0.3) is 0 Å². The quantitative estimate of drug-likeness (QED) is 0.870. The summed E-state index contributed by atoms with van der Waals surface area (Å²) in [5, 5.41) is 2.91. The van der Waals surface area contributed by atoms with Gasteiger partial charge in [0, 0.05) is 44.3 Å². The van der Waals surface area contributed by atoms with Gasteiger partial charge in [-0.25, -0.2) is 4.98 Å². The maximum absolute atomic E-state index is 12.2. The van der Waals surface area contributed by atoms with Crippen molar-refractivity contribution < 1.29 is 9.53 Å². The number of carbonyl (C=O) groups is 1. The van der Waals surface area contributed by atoms with Crippen molar-refractivity contribution >= 4 is 5.91 Å². The summed E-state index contributed by atoms with van der Waals surface area (Å²) in [5.74, 6) is 0.468.